The molecule has 2 aromatic rings. The number of hydrogen-bond donors (Lipinski definition) is 1. The van der Waals surface area contributed by atoms with Gasteiger partial charge in [-0.3, -0.25) is 4.79 Å². The molecule has 0 aliphatic carbocycles. The van der Waals surface area contributed by atoms with Crippen LogP contribution in [0, 0.1) is 20.8 Å². The number of benzene rings is 1. The molecule has 0 bridgehead atoms. The number of nitrogens with one attached hydrogen (secondary N) is 1. The highest BCUT2D eigenvalue weighted by Gasteiger charge is 2.17. The van der Waals surface area contributed by atoms with Gasteiger partial charge < -0.3 is 10.2 Å². The Morgan fingerprint density at radius 3 is 2.12 bits per heavy atom. The summed E-state index contributed by atoms with van der Waals surface area (Å²) in [5, 5.41) is 3.30. The third-order valence-electron chi connectivity index (χ3n) is 3.83. The van der Waals surface area contributed by atoms with E-state index in [2.05, 4.69) is 61.2 Å². The molecule has 2 rings (SSSR count). The van der Waals surface area contributed by atoms with E-state index in [-0.39, 0.29) is 5.91 Å². The summed E-state index contributed by atoms with van der Waals surface area (Å²) in [4.78, 5) is 23.4. The number of hydrogen-bond acceptors (Lipinski definition) is 4. The molecule has 0 spiro atoms. The largest absolute Gasteiger partial charge is 0.340 e. The summed E-state index contributed by atoms with van der Waals surface area (Å²) in [5.41, 5.74) is 3.78. The van der Waals surface area contributed by atoms with Crippen molar-refractivity contribution in [2.45, 2.75) is 47.5 Å². The van der Waals surface area contributed by atoms with Crippen LogP contribution < -0.4 is 5.32 Å². The zero-order chi connectivity index (χ0) is 18.4. The average Bonchev–Trinajstić information content (AvgIpc) is 2.52. The fraction of sp³-hybridized carbons (Fsp3) is 0.450. The van der Waals surface area contributed by atoms with Crippen molar-refractivity contribution >= 4 is 17.4 Å². The van der Waals surface area contributed by atoms with E-state index in [1.165, 1.54) is 11.1 Å². The van der Waals surface area contributed by atoms with Gasteiger partial charge in [-0.1, -0.05) is 19.9 Å². The molecule has 1 aromatic heterocycles. The van der Waals surface area contributed by atoms with Crippen LogP contribution in [0.15, 0.2) is 24.3 Å². The first-order valence-corrected chi connectivity index (χ1v) is 8.93. The highest BCUT2D eigenvalue weighted by molar-refractivity contribution is 5.93. The Morgan fingerprint density at radius 2 is 1.56 bits per heavy atom. The number of carbonyl (C=O) groups excluding carboxylic acids is 1. The van der Waals surface area contributed by atoms with Crippen molar-refractivity contribution in [3.05, 3.63) is 46.9 Å². The van der Waals surface area contributed by atoms with Crippen LogP contribution in [0.4, 0.5) is 11.5 Å². The van der Waals surface area contributed by atoms with Crippen molar-refractivity contribution in [2.75, 3.05) is 18.4 Å². The Morgan fingerprint density at radius 1 is 0.960 bits per heavy atom. The van der Waals surface area contributed by atoms with Gasteiger partial charge in [0.2, 0.25) is 0 Å². The predicted molar refractivity (Wildman–Crippen MR) is 102 cm³/mol. The summed E-state index contributed by atoms with van der Waals surface area (Å²) in [5.74, 6) is 1.21. The van der Waals surface area contributed by atoms with Crippen molar-refractivity contribution in [1.29, 1.82) is 0 Å². The van der Waals surface area contributed by atoms with Gasteiger partial charge in [0.1, 0.15) is 17.3 Å². The molecule has 0 unspecified atom stereocenters. The Labute approximate surface area is 150 Å². The predicted octanol–water partition coefficient (Wildman–Crippen LogP) is 4.41. The minimum absolute atomic E-state index is 0.0299. The standard InChI is InChI=1S/C20H28N4O/c1-6-8-24(9-7-2)20(25)18-13-19(22-16(5)21-18)23-17-11-14(3)10-15(4)12-17/h10-13H,6-9H2,1-5H3,(H,21,22,23). The summed E-state index contributed by atoms with van der Waals surface area (Å²) >= 11 is 0. The van der Waals surface area contributed by atoms with Gasteiger partial charge in [0.05, 0.1) is 0 Å². The first-order valence-electron chi connectivity index (χ1n) is 8.93. The second-order valence-electron chi connectivity index (χ2n) is 6.48. The molecule has 1 amide bonds. The lowest BCUT2D eigenvalue weighted by molar-refractivity contribution is 0.0749. The third kappa shape index (κ3) is 5.28. The van der Waals surface area contributed by atoms with Gasteiger partial charge in [0, 0.05) is 24.8 Å². The number of aryl methyl sites for hydroxylation is 3. The van der Waals surface area contributed by atoms with Crippen LogP contribution in [-0.2, 0) is 0 Å². The number of nitrogens with zero attached hydrogens (tertiary/aromatic N) is 3. The number of amides is 1. The number of carbonyl (C=O) groups is 1. The van der Waals surface area contributed by atoms with E-state index in [4.69, 9.17) is 0 Å². The molecule has 0 radical (unpaired) electrons. The maximum Gasteiger partial charge on any atom is 0.272 e. The smallest absolute Gasteiger partial charge is 0.272 e. The molecular weight excluding hydrogens is 312 g/mol. The van der Waals surface area contributed by atoms with Crippen molar-refractivity contribution in [3.63, 3.8) is 0 Å². The van der Waals surface area contributed by atoms with Gasteiger partial charge >= 0.3 is 0 Å². The van der Waals surface area contributed by atoms with Crippen LogP contribution in [-0.4, -0.2) is 33.9 Å². The lowest BCUT2D eigenvalue weighted by Gasteiger charge is -2.21. The van der Waals surface area contributed by atoms with Crippen LogP contribution >= 0.6 is 0 Å². The van der Waals surface area contributed by atoms with E-state index < -0.39 is 0 Å². The lowest BCUT2D eigenvalue weighted by atomic mass is 10.1. The molecule has 0 atom stereocenters. The van der Waals surface area contributed by atoms with Gasteiger partial charge in [0.15, 0.2) is 0 Å². The molecule has 0 aliphatic rings. The van der Waals surface area contributed by atoms with Crippen molar-refractivity contribution < 1.29 is 4.79 Å². The number of anilines is 2. The molecule has 0 saturated heterocycles. The van der Waals surface area contributed by atoms with Crippen LogP contribution in [0.2, 0.25) is 0 Å². The van der Waals surface area contributed by atoms with Gasteiger partial charge in [-0.25, -0.2) is 9.97 Å². The zero-order valence-corrected chi connectivity index (χ0v) is 15.9. The maximum absolute atomic E-state index is 12.8. The molecule has 1 N–H and O–H groups in total. The van der Waals surface area contributed by atoms with E-state index >= 15 is 0 Å². The molecule has 0 saturated carbocycles. The van der Waals surface area contributed by atoms with Crippen LogP contribution in [0.1, 0.15) is 54.1 Å². The van der Waals surface area contributed by atoms with Gasteiger partial charge in [-0.05, 0) is 56.9 Å². The number of aromatic nitrogens is 2. The topological polar surface area (TPSA) is 58.1 Å². The molecule has 0 aliphatic heterocycles. The van der Waals surface area contributed by atoms with Crippen LogP contribution in [0.25, 0.3) is 0 Å². The summed E-state index contributed by atoms with van der Waals surface area (Å²) in [6, 6.07) is 7.99. The minimum Gasteiger partial charge on any atom is -0.340 e. The normalized spacial score (nSPS) is 10.6. The maximum atomic E-state index is 12.8. The fourth-order valence-electron chi connectivity index (χ4n) is 2.95. The Bertz CT molecular complexity index is 716. The van der Waals surface area contributed by atoms with E-state index in [1.54, 1.807) is 6.07 Å². The molecular formula is C20H28N4O. The van der Waals surface area contributed by atoms with Crippen LogP contribution in [0.3, 0.4) is 0 Å². The highest BCUT2D eigenvalue weighted by Crippen LogP contribution is 2.19. The van der Waals surface area contributed by atoms with Crippen molar-refractivity contribution in [1.82, 2.24) is 14.9 Å². The Balaban J connectivity index is 2.28. The summed E-state index contributed by atoms with van der Waals surface area (Å²) < 4.78 is 0. The SMILES string of the molecule is CCCN(CCC)C(=O)c1cc(Nc2cc(C)cc(C)c2)nc(C)n1. The molecule has 5 heteroatoms. The second kappa shape index (κ2) is 8.60. The van der Waals surface area contributed by atoms with E-state index in [0.29, 0.717) is 17.3 Å². The molecule has 134 valence electrons. The van der Waals surface area contributed by atoms with Gasteiger partial charge in [0.25, 0.3) is 5.91 Å². The Kier molecular flexibility index (Phi) is 6.51. The van der Waals surface area contributed by atoms with E-state index in [1.807, 2.05) is 11.8 Å². The molecule has 25 heavy (non-hydrogen) atoms. The minimum atomic E-state index is -0.0299. The monoisotopic (exact) mass is 340 g/mol. The van der Waals surface area contributed by atoms with Gasteiger partial charge in [-0.2, -0.15) is 0 Å². The Hall–Kier alpha value is -2.43. The zero-order valence-electron chi connectivity index (χ0n) is 15.9. The third-order valence-corrected chi connectivity index (χ3v) is 3.83. The quantitative estimate of drug-likeness (QED) is 0.811. The lowest BCUT2D eigenvalue weighted by Crippen LogP contribution is -2.33. The molecule has 5 nitrogen and oxygen atoms in total. The first kappa shape index (κ1) is 18.9. The summed E-state index contributed by atoms with van der Waals surface area (Å²) in [7, 11) is 0. The van der Waals surface area contributed by atoms with Crippen molar-refractivity contribution in [2.24, 2.45) is 0 Å². The number of rotatable bonds is 7. The fourth-order valence-corrected chi connectivity index (χ4v) is 2.95. The molecule has 0 fully saturated rings. The highest BCUT2D eigenvalue weighted by atomic mass is 16.2. The summed E-state index contributed by atoms with van der Waals surface area (Å²) in [6.07, 6.45) is 1.87. The average molecular weight is 340 g/mol. The first-order chi connectivity index (χ1) is 11.9. The molecule has 1 aromatic carbocycles. The van der Waals surface area contributed by atoms with E-state index in [9.17, 15) is 4.79 Å². The van der Waals surface area contributed by atoms with Gasteiger partial charge in [-0.15, -0.1) is 0 Å². The molecule has 1 heterocycles. The van der Waals surface area contributed by atoms with Crippen LogP contribution in [0.5, 0.6) is 0 Å². The van der Waals surface area contributed by atoms with Crippen molar-refractivity contribution in [3.8, 4) is 0 Å². The summed E-state index contributed by atoms with van der Waals surface area (Å²) in [6.45, 7) is 11.6. The second-order valence-corrected chi connectivity index (χ2v) is 6.48. The van der Waals surface area contributed by atoms with E-state index in [0.717, 1.165) is 31.6 Å².